The van der Waals surface area contributed by atoms with E-state index in [4.69, 9.17) is 5.14 Å². The molecule has 1 amide bonds. The summed E-state index contributed by atoms with van der Waals surface area (Å²) in [5.74, 6) is 0.761. The summed E-state index contributed by atoms with van der Waals surface area (Å²) in [5.41, 5.74) is 0.358. The lowest BCUT2D eigenvalue weighted by Crippen LogP contribution is -2.38. The molecule has 9 heteroatoms. The highest BCUT2D eigenvalue weighted by atomic mass is 32.2. The number of carbonyl (C=O) groups is 1. The topological polar surface area (TPSA) is 111 Å². The quantitative estimate of drug-likeness (QED) is 0.866. The number of likely N-dealkylation sites (tertiary alicyclic amines) is 1. The first-order valence-electron chi connectivity index (χ1n) is 7.64. The lowest BCUT2D eigenvalue weighted by molar-refractivity contribution is 0.0723. The van der Waals surface area contributed by atoms with E-state index in [2.05, 4.69) is 9.97 Å². The minimum absolute atomic E-state index is 0.0864. The summed E-state index contributed by atoms with van der Waals surface area (Å²) in [6.07, 6.45) is 6.77. The van der Waals surface area contributed by atoms with Gasteiger partial charge in [-0.2, -0.15) is 0 Å². The second kappa shape index (κ2) is 6.33. The van der Waals surface area contributed by atoms with Crippen LogP contribution in [0.15, 0.2) is 35.7 Å². The van der Waals surface area contributed by atoms with E-state index in [1.807, 2.05) is 22.6 Å². The molecule has 8 nitrogen and oxygen atoms in total. The number of aromatic nitrogens is 3. The zero-order valence-electron chi connectivity index (χ0n) is 13.3. The van der Waals surface area contributed by atoms with Crippen molar-refractivity contribution in [3.05, 3.63) is 42.1 Å². The zero-order valence-corrected chi connectivity index (χ0v) is 14.1. The molecule has 0 aromatic carbocycles. The van der Waals surface area contributed by atoms with Gasteiger partial charge in [0.1, 0.15) is 5.82 Å². The van der Waals surface area contributed by atoms with Crippen LogP contribution in [0.1, 0.15) is 29.0 Å². The highest BCUT2D eigenvalue weighted by Gasteiger charge is 2.30. The number of imidazole rings is 1. The van der Waals surface area contributed by atoms with Crippen LogP contribution in [0.2, 0.25) is 0 Å². The molecule has 2 aromatic heterocycles. The Morgan fingerprint density at radius 2 is 2.17 bits per heavy atom. The number of nitrogens with two attached hydrogens (primary N) is 1. The van der Waals surface area contributed by atoms with Crippen LogP contribution in [0.5, 0.6) is 0 Å². The van der Waals surface area contributed by atoms with Crippen molar-refractivity contribution in [3.63, 3.8) is 0 Å². The number of primary sulfonamides is 1. The molecule has 2 aromatic rings. The predicted molar refractivity (Wildman–Crippen MR) is 86.6 cm³/mol. The third-order valence-electron chi connectivity index (χ3n) is 4.24. The van der Waals surface area contributed by atoms with Crippen molar-refractivity contribution in [2.24, 2.45) is 5.14 Å². The minimum atomic E-state index is -3.86. The lowest BCUT2D eigenvalue weighted by Gasteiger charge is -2.25. The van der Waals surface area contributed by atoms with Gasteiger partial charge in [0.05, 0.1) is 11.6 Å². The van der Waals surface area contributed by atoms with Crippen molar-refractivity contribution in [3.8, 4) is 0 Å². The van der Waals surface area contributed by atoms with Crippen LogP contribution in [0.4, 0.5) is 0 Å². The molecule has 0 spiro atoms. The molecule has 0 bridgehead atoms. The number of carbonyl (C=O) groups excluding carboxylic acids is 1. The van der Waals surface area contributed by atoms with Crippen LogP contribution in [0, 0.1) is 6.92 Å². The average molecular weight is 349 g/mol. The third-order valence-corrected chi connectivity index (χ3v) is 5.07. The summed E-state index contributed by atoms with van der Waals surface area (Å²) in [6, 6.07) is 2.80. The van der Waals surface area contributed by atoms with Crippen molar-refractivity contribution in [1.82, 2.24) is 19.4 Å². The number of amides is 1. The van der Waals surface area contributed by atoms with Gasteiger partial charge in [-0.15, -0.1) is 0 Å². The number of nitrogens with zero attached hydrogens (tertiary/aromatic N) is 4. The molecule has 1 unspecified atom stereocenters. The first-order valence-corrected chi connectivity index (χ1v) is 9.18. The van der Waals surface area contributed by atoms with Gasteiger partial charge in [-0.3, -0.25) is 4.79 Å². The second-order valence-electron chi connectivity index (χ2n) is 5.85. The van der Waals surface area contributed by atoms with Crippen LogP contribution in [0.3, 0.4) is 0 Å². The molecule has 3 rings (SSSR count). The summed E-state index contributed by atoms with van der Waals surface area (Å²) in [7, 11) is -3.86. The van der Waals surface area contributed by atoms with E-state index in [9.17, 15) is 13.2 Å². The van der Waals surface area contributed by atoms with Crippen molar-refractivity contribution in [1.29, 1.82) is 0 Å². The SMILES string of the molecule is Cc1nccn1CC1CCCN1C(=O)c1ccc(S(N)(=O)=O)nc1. The summed E-state index contributed by atoms with van der Waals surface area (Å²) in [6.45, 7) is 3.30. The lowest BCUT2D eigenvalue weighted by atomic mass is 10.2. The first-order chi connectivity index (χ1) is 11.4. The standard InChI is InChI=1S/C15H19N5O3S/c1-11-17-6-8-19(11)10-13-3-2-7-20(13)15(21)12-4-5-14(18-9-12)24(16,22)23/h4-6,8-9,13H,2-3,7,10H2,1H3,(H2,16,22,23). The fraction of sp³-hybridized carbons (Fsp3) is 0.400. The van der Waals surface area contributed by atoms with Gasteiger partial charge in [0.15, 0.2) is 5.03 Å². The Morgan fingerprint density at radius 3 is 2.75 bits per heavy atom. The van der Waals surface area contributed by atoms with E-state index in [0.29, 0.717) is 18.7 Å². The molecule has 1 aliphatic rings. The summed E-state index contributed by atoms with van der Waals surface area (Å²) < 4.78 is 24.5. The normalized spacial score (nSPS) is 18.1. The fourth-order valence-corrected chi connectivity index (χ4v) is 3.41. The average Bonchev–Trinajstić information content (AvgIpc) is 3.16. The summed E-state index contributed by atoms with van der Waals surface area (Å²) in [4.78, 5) is 22.5. The van der Waals surface area contributed by atoms with E-state index >= 15 is 0 Å². The third kappa shape index (κ3) is 3.31. The van der Waals surface area contributed by atoms with Gasteiger partial charge in [-0.25, -0.2) is 23.5 Å². The highest BCUT2D eigenvalue weighted by molar-refractivity contribution is 7.89. The van der Waals surface area contributed by atoms with Crippen molar-refractivity contribution in [2.75, 3.05) is 6.54 Å². The van der Waals surface area contributed by atoms with Gasteiger partial charge in [-0.05, 0) is 31.9 Å². The van der Waals surface area contributed by atoms with Crippen LogP contribution in [-0.2, 0) is 16.6 Å². The maximum atomic E-state index is 12.7. The Hall–Kier alpha value is -2.26. The van der Waals surface area contributed by atoms with Gasteiger partial charge in [0, 0.05) is 31.7 Å². The van der Waals surface area contributed by atoms with Crippen LogP contribution < -0.4 is 5.14 Å². The van der Waals surface area contributed by atoms with Crippen LogP contribution in [-0.4, -0.2) is 46.3 Å². The minimum Gasteiger partial charge on any atom is -0.334 e. The highest BCUT2D eigenvalue weighted by Crippen LogP contribution is 2.22. The van der Waals surface area contributed by atoms with E-state index < -0.39 is 10.0 Å². The number of hydrogen-bond acceptors (Lipinski definition) is 5. The number of pyridine rings is 1. The summed E-state index contributed by atoms with van der Waals surface area (Å²) in [5, 5.41) is 4.78. The number of hydrogen-bond donors (Lipinski definition) is 1. The molecule has 1 aliphatic heterocycles. The second-order valence-corrected chi connectivity index (χ2v) is 7.36. The van der Waals surface area contributed by atoms with Gasteiger partial charge in [0.25, 0.3) is 15.9 Å². The number of rotatable bonds is 4. The van der Waals surface area contributed by atoms with Crippen molar-refractivity contribution >= 4 is 15.9 Å². The Kier molecular flexibility index (Phi) is 4.37. The monoisotopic (exact) mass is 349 g/mol. The molecule has 1 saturated heterocycles. The van der Waals surface area contributed by atoms with Gasteiger partial charge in [0.2, 0.25) is 0 Å². The molecule has 1 fully saturated rings. The maximum Gasteiger partial charge on any atom is 0.255 e. The predicted octanol–water partition coefficient (Wildman–Crippen LogP) is 0.539. The summed E-state index contributed by atoms with van der Waals surface area (Å²) >= 11 is 0. The van der Waals surface area contributed by atoms with Gasteiger partial charge >= 0.3 is 0 Å². The van der Waals surface area contributed by atoms with Gasteiger partial charge in [-0.1, -0.05) is 0 Å². The molecule has 2 N–H and O–H groups in total. The van der Waals surface area contributed by atoms with E-state index in [-0.39, 0.29) is 17.0 Å². The first kappa shape index (κ1) is 16.6. The Morgan fingerprint density at radius 1 is 1.38 bits per heavy atom. The van der Waals surface area contributed by atoms with Gasteiger partial charge < -0.3 is 9.47 Å². The van der Waals surface area contributed by atoms with E-state index in [1.165, 1.54) is 18.3 Å². The molecule has 3 heterocycles. The molecule has 24 heavy (non-hydrogen) atoms. The molecule has 0 aliphatic carbocycles. The van der Waals surface area contributed by atoms with E-state index in [0.717, 1.165) is 18.7 Å². The molecular weight excluding hydrogens is 330 g/mol. The largest absolute Gasteiger partial charge is 0.334 e. The van der Waals surface area contributed by atoms with Crippen molar-refractivity contribution in [2.45, 2.75) is 37.4 Å². The number of sulfonamides is 1. The Bertz CT molecular complexity index is 844. The number of aryl methyl sites for hydroxylation is 1. The maximum absolute atomic E-state index is 12.7. The Labute approximate surface area is 140 Å². The van der Waals surface area contributed by atoms with Crippen LogP contribution >= 0.6 is 0 Å². The molecule has 0 saturated carbocycles. The fourth-order valence-electron chi connectivity index (χ4n) is 2.96. The smallest absolute Gasteiger partial charge is 0.255 e. The molecular formula is C15H19N5O3S. The molecule has 128 valence electrons. The van der Waals surface area contributed by atoms with Crippen LogP contribution in [0.25, 0.3) is 0 Å². The van der Waals surface area contributed by atoms with E-state index in [1.54, 1.807) is 6.20 Å². The zero-order chi connectivity index (χ0) is 17.3. The molecule has 1 atom stereocenters. The Balaban J connectivity index is 1.77. The molecule has 0 radical (unpaired) electrons. The van der Waals surface area contributed by atoms with Crippen molar-refractivity contribution < 1.29 is 13.2 Å².